The summed E-state index contributed by atoms with van der Waals surface area (Å²) in [4.78, 5) is 7.95. The van der Waals surface area contributed by atoms with Crippen molar-refractivity contribution in [3.05, 3.63) is 41.4 Å². The smallest absolute Gasteiger partial charge is 0.241 e. The summed E-state index contributed by atoms with van der Waals surface area (Å²) < 4.78 is 7.28. The first kappa shape index (κ1) is 13.7. The molecule has 0 aliphatic carbocycles. The molecule has 0 N–H and O–H groups in total. The minimum absolute atomic E-state index is 0.394. The third-order valence-corrected chi connectivity index (χ3v) is 4.89. The van der Waals surface area contributed by atoms with Crippen LogP contribution in [0.5, 0.6) is 0 Å². The Kier molecular flexibility index (Phi) is 3.51. The number of aromatic nitrogens is 4. The standard InChI is InChI=1S/C15H17N5OS/c1-19-9-11(8-16-19)12-4-2-6-20(12)10-14-17-15(18-21-14)13-5-3-7-22-13/h3,5,7-9,12H,2,4,6,10H2,1H3/t12-/m1/s1. The SMILES string of the molecule is Cn1cc([C@H]2CCCN2Cc2nc(-c3cccs3)no2)cn1. The summed E-state index contributed by atoms with van der Waals surface area (Å²) in [6, 6.07) is 4.40. The van der Waals surface area contributed by atoms with Crippen LogP contribution >= 0.6 is 11.3 Å². The number of hydrogen-bond donors (Lipinski definition) is 0. The topological polar surface area (TPSA) is 60.0 Å². The average Bonchev–Trinajstić information content (AvgIpc) is 3.26. The van der Waals surface area contributed by atoms with Gasteiger partial charge in [0.05, 0.1) is 17.6 Å². The normalized spacial score (nSPS) is 19.0. The van der Waals surface area contributed by atoms with Crippen molar-refractivity contribution in [2.24, 2.45) is 7.05 Å². The van der Waals surface area contributed by atoms with Crippen LogP contribution in [0.3, 0.4) is 0 Å². The summed E-state index contributed by atoms with van der Waals surface area (Å²) in [6.07, 6.45) is 6.38. The van der Waals surface area contributed by atoms with Gasteiger partial charge in [-0.15, -0.1) is 11.3 Å². The molecule has 0 spiro atoms. The van der Waals surface area contributed by atoms with Gasteiger partial charge >= 0.3 is 0 Å². The van der Waals surface area contributed by atoms with Gasteiger partial charge in [0.1, 0.15) is 0 Å². The Balaban J connectivity index is 1.50. The molecule has 1 aliphatic rings. The van der Waals surface area contributed by atoms with Crippen LogP contribution < -0.4 is 0 Å². The monoisotopic (exact) mass is 315 g/mol. The van der Waals surface area contributed by atoms with Crippen molar-refractivity contribution in [3.8, 4) is 10.7 Å². The lowest BCUT2D eigenvalue weighted by atomic mass is 10.1. The zero-order valence-corrected chi connectivity index (χ0v) is 13.2. The highest BCUT2D eigenvalue weighted by Crippen LogP contribution is 2.33. The van der Waals surface area contributed by atoms with E-state index in [0.29, 0.717) is 24.3 Å². The maximum atomic E-state index is 5.42. The van der Waals surface area contributed by atoms with Gasteiger partial charge in [0.2, 0.25) is 11.7 Å². The van der Waals surface area contributed by atoms with Gasteiger partial charge in [-0.2, -0.15) is 10.1 Å². The van der Waals surface area contributed by atoms with E-state index in [4.69, 9.17) is 4.52 Å². The van der Waals surface area contributed by atoms with E-state index >= 15 is 0 Å². The molecule has 4 rings (SSSR count). The molecule has 3 aromatic heterocycles. The van der Waals surface area contributed by atoms with Gasteiger partial charge in [-0.25, -0.2) is 0 Å². The van der Waals surface area contributed by atoms with Crippen molar-refractivity contribution in [2.75, 3.05) is 6.54 Å². The van der Waals surface area contributed by atoms with Crippen LogP contribution in [-0.4, -0.2) is 31.4 Å². The predicted octanol–water partition coefficient (Wildman–Crippen LogP) is 2.87. The lowest BCUT2D eigenvalue weighted by molar-refractivity contribution is 0.212. The summed E-state index contributed by atoms with van der Waals surface area (Å²) in [5.41, 5.74) is 1.26. The molecular weight excluding hydrogens is 298 g/mol. The molecule has 22 heavy (non-hydrogen) atoms. The van der Waals surface area contributed by atoms with Crippen molar-refractivity contribution < 1.29 is 4.52 Å². The number of thiophene rings is 1. The molecule has 7 heteroatoms. The summed E-state index contributed by atoms with van der Waals surface area (Å²) in [6.45, 7) is 1.74. The fraction of sp³-hybridized carbons (Fsp3) is 0.400. The largest absolute Gasteiger partial charge is 0.338 e. The maximum absolute atomic E-state index is 5.42. The van der Waals surface area contributed by atoms with E-state index in [2.05, 4.69) is 26.3 Å². The molecule has 114 valence electrons. The summed E-state index contributed by atoms with van der Waals surface area (Å²) in [7, 11) is 1.95. The molecule has 1 atom stereocenters. The first-order chi connectivity index (χ1) is 10.8. The maximum Gasteiger partial charge on any atom is 0.241 e. The third kappa shape index (κ3) is 2.57. The molecule has 0 amide bonds. The van der Waals surface area contributed by atoms with Crippen LogP contribution in [0.2, 0.25) is 0 Å². The second kappa shape index (κ2) is 5.66. The van der Waals surface area contributed by atoms with E-state index in [9.17, 15) is 0 Å². The lowest BCUT2D eigenvalue weighted by Gasteiger charge is -2.21. The van der Waals surface area contributed by atoms with Crippen molar-refractivity contribution in [3.63, 3.8) is 0 Å². The quantitative estimate of drug-likeness (QED) is 0.741. The number of aryl methyl sites for hydroxylation is 1. The molecule has 4 heterocycles. The van der Waals surface area contributed by atoms with Gasteiger partial charge in [-0.1, -0.05) is 11.2 Å². The Labute approximate surface area is 132 Å². The zero-order valence-electron chi connectivity index (χ0n) is 12.3. The molecule has 0 saturated carbocycles. The Morgan fingerprint density at radius 3 is 3.18 bits per heavy atom. The second-order valence-corrected chi connectivity index (χ2v) is 6.51. The van der Waals surface area contributed by atoms with E-state index < -0.39 is 0 Å². The second-order valence-electron chi connectivity index (χ2n) is 5.56. The summed E-state index contributed by atoms with van der Waals surface area (Å²) in [5, 5.41) is 10.4. The molecule has 0 aromatic carbocycles. The van der Waals surface area contributed by atoms with Crippen molar-refractivity contribution in [2.45, 2.75) is 25.4 Å². The van der Waals surface area contributed by atoms with Crippen LogP contribution in [0.15, 0.2) is 34.4 Å². The molecule has 0 unspecified atom stereocenters. The Morgan fingerprint density at radius 1 is 1.45 bits per heavy atom. The molecule has 3 aromatic rings. The highest BCUT2D eigenvalue weighted by atomic mass is 32.1. The van der Waals surface area contributed by atoms with Crippen LogP contribution in [0, 0.1) is 0 Å². The van der Waals surface area contributed by atoms with E-state index in [-0.39, 0.29) is 0 Å². The summed E-state index contributed by atoms with van der Waals surface area (Å²) >= 11 is 1.62. The van der Waals surface area contributed by atoms with Gasteiger partial charge < -0.3 is 4.52 Å². The van der Waals surface area contributed by atoms with Crippen LogP contribution in [-0.2, 0) is 13.6 Å². The average molecular weight is 315 g/mol. The number of hydrogen-bond acceptors (Lipinski definition) is 6. The van der Waals surface area contributed by atoms with Crippen LogP contribution in [0.4, 0.5) is 0 Å². The molecule has 6 nitrogen and oxygen atoms in total. The van der Waals surface area contributed by atoms with Gasteiger partial charge in [-0.05, 0) is 30.8 Å². The minimum atomic E-state index is 0.394. The molecule has 1 aliphatic heterocycles. The van der Waals surface area contributed by atoms with Crippen LogP contribution in [0.25, 0.3) is 10.7 Å². The molecule has 1 saturated heterocycles. The van der Waals surface area contributed by atoms with E-state index in [0.717, 1.165) is 17.8 Å². The van der Waals surface area contributed by atoms with Crippen molar-refractivity contribution in [1.82, 2.24) is 24.8 Å². The summed E-state index contributed by atoms with van der Waals surface area (Å²) in [5.74, 6) is 1.36. The first-order valence-electron chi connectivity index (χ1n) is 7.38. The molecule has 1 fully saturated rings. The Hall–Kier alpha value is -1.99. The van der Waals surface area contributed by atoms with Gasteiger partial charge in [0.25, 0.3) is 0 Å². The zero-order chi connectivity index (χ0) is 14.9. The third-order valence-electron chi connectivity index (χ3n) is 4.02. The van der Waals surface area contributed by atoms with Gasteiger partial charge in [-0.3, -0.25) is 9.58 Å². The lowest BCUT2D eigenvalue weighted by Crippen LogP contribution is -2.22. The number of nitrogens with zero attached hydrogens (tertiary/aromatic N) is 5. The highest BCUT2D eigenvalue weighted by Gasteiger charge is 2.28. The fourth-order valence-corrected chi connectivity index (χ4v) is 3.65. The highest BCUT2D eigenvalue weighted by molar-refractivity contribution is 7.13. The predicted molar refractivity (Wildman–Crippen MR) is 83.2 cm³/mol. The Morgan fingerprint density at radius 2 is 2.41 bits per heavy atom. The van der Waals surface area contributed by atoms with Crippen LogP contribution in [0.1, 0.15) is 30.3 Å². The van der Waals surface area contributed by atoms with Crippen molar-refractivity contribution >= 4 is 11.3 Å². The van der Waals surface area contributed by atoms with Gasteiger partial charge in [0, 0.05) is 24.8 Å². The molecule has 0 radical (unpaired) electrons. The molecular formula is C15H17N5OS. The van der Waals surface area contributed by atoms with Crippen molar-refractivity contribution in [1.29, 1.82) is 0 Å². The number of likely N-dealkylation sites (tertiary alicyclic amines) is 1. The number of rotatable bonds is 4. The Bertz CT molecular complexity index is 748. The first-order valence-corrected chi connectivity index (χ1v) is 8.26. The van der Waals surface area contributed by atoms with Gasteiger partial charge in [0.15, 0.2) is 0 Å². The van der Waals surface area contributed by atoms with E-state index in [1.54, 1.807) is 11.3 Å². The van der Waals surface area contributed by atoms with E-state index in [1.807, 2.05) is 35.4 Å². The minimum Gasteiger partial charge on any atom is -0.338 e. The fourth-order valence-electron chi connectivity index (χ4n) is 3.00. The molecule has 0 bridgehead atoms. The van der Waals surface area contributed by atoms with E-state index in [1.165, 1.54) is 12.0 Å².